The summed E-state index contributed by atoms with van der Waals surface area (Å²) in [4.78, 5) is 29.8. The number of amides is 1. The van der Waals surface area contributed by atoms with Gasteiger partial charge in [-0.15, -0.1) is 0 Å². The van der Waals surface area contributed by atoms with Crippen LogP contribution in [-0.4, -0.2) is 29.7 Å². The fourth-order valence-corrected chi connectivity index (χ4v) is 3.46. The van der Waals surface area contributed by atoms with E-state index >= 15 is 0 Å². The van der Waals surface area contributed by atoms with Gasteiger partial charge in [-0.3, -0.25) is 9.59 Å². The molecule has 2 heterocycles. The van der Waals surface area contributed by atoms with Gasteiger partial charge < -0.3 is 24.1 Å². The average molecular weight is 394 g/mol. The highest BCUT2D eigenvalue weighted by Crippen LogP contribution is 2.35. The van der Waals surface area contributed by atoms with E-state index in [2.05, 4.69) is 4.98 Å². The molecular formula is C22H22N2O5. The van der Waals surface area contributed by atoms with Crippen LogP contribution >= 0.6 is 0 Å². The first-order chi connectivity index (χ1) is 14.1. The molecule has 0 atom stereocenters. The molecule has 29 heavy (non-hydrogen) atoms. The minimum absolute atomic E-state index is 0.0407. The summed E-state index contributed by atoms with van der Waals surface area (Å²) >= 11 is 0. The number of hydrogen-bond donors (Lipinski definition) is 1. The van der Waals surface area contributed by atoms with Crippen LogP contribution in [0.2, 0.25) is 0 Å². The van der Waals surface area contributed by atoms with E-state index in [4.69, 9.17) is 14.2 Å². The zero-order valence-corrected chi connectivity index (χ0v) is 16.4. The Labute approximate surface area is 167 Å². The Morgan fingerprint density at radius 1 is 1.10 bits per heavy atom. The van der Waals surface area contributed by atoms with Crippen molar-refractivity contribution in [3.63, 3.8) is 0 Å². The van der Waals surface area contributed by atoms with Gasteiger partial charge in [0.2, 0.25) is 12.7 Å². The Hall–Kier alpha value is -3.48. The standard InChI is InChI=1S/C22H22N2O5/c1-3-21(25)24(11-14-6-4-5-7-18(14)27-2)12-16-8-15-9-19-20(29-13-28-19)10-17(15)23-22(16)26/h4-10H,3,11-13H2,1-2H3,(H,23,26). The van der Waals surface area contributed by atoms with E-state index < -0.39 is 0 Å². The van der Waals surface area contributed by atoms with E-state index in [9.17, 15) is 9.59 Å². The first-order valence-corrected chi connectivity index (χ1v) is 9.44. The maximum absolute atomic E-state index is 12.7. The molecule has 2 aromatic carbocycles. The third kappa shape index (κ3) is 3.76. The van der Waals surface area contributed by atoms with E-state index in [-0.39, 0.29) is 24.8 Å². The van der Waals surface area contributed by atoms with E-state index in [0.717, 1.165) is 10.9 Å². The molecule has 0 fully saturated rings. The number of carbonyl (C=O) groups is 1. The van der Waals surface area contributed by atoms with Gasteiger partial charge in [0, 0.05) is 35.5 Å². The van der Waals surface area contributed by atoms with Gasteiger partial charge in [-0.1, -0.05) is 25.1 Å². The molecule has 1 N–H and O–H groups in total. The summed E-state index contributed by atoms with van der Waals surface area (Å²) in [5.41, 5.74) is 1.83. The normalized spacial score (nSPS) is 12.2. The first-order valence-electron chi connectivity index (χ1n) is 9.44. The van der Waals surface area contributed by atoms with Crippen LogP contribution in [0.1, 0.15) is 24.5 Å². The molecule has 0 radical (unpaired) electrons. The van der Waals surface area contributed by atoms with Crippen LogP contribution in [0.25, 0.3) is 10.9 Å². The van der Waals surface area contributed by atoms with Crippen molar-refractivity contribution in [1.82, 2.24) is 9.88 Å². The molecule has 1 aromatic heterocycles. The number of carbonyl (C=O) groups excluding carboxylic acids is 1. The number of para-hydroxylation sites is 1. The number of aromatic nitrogens is 1. The van der Waals surface area contributed by atoms with E-state index in [1.807, 2.05) is 37.3 Å². The molecule has 0 saturated carbocycles. The molecule has 0 aliphatic carbocycles. The molecule has 150 valence electrons. The fraction of sp³-hybridized carbons (Fsp3) is 0.273. The number of hydrogen-bond acceptors (Lipinski definition) is 5. The molecular weight excluding hydrogens is 372 g/mol. The number of rotatable bonds is 6. The second-order valence-electron chi connectivity index (χ2n) is 6.83. The Morgan fingerprint density at radius 2 is 1.83 bits per heavy atom. The van der Waals surface area contributed by atoms with Crippen molar-refractivity contribution in [2.45, 2.75) is 26.4 Å². The number of H-pyrrole nitrogens is 1. The predicted octanol–water partition coefficient (Wildman–Crippen LogP) is 3.20. The minimum atomic E-state index is -0.231. The highest BCUT2D eigenvalue weighted by atomic mass is 16.7. The lowest BCUT2D eigenvalue weighted by Crippen LogP contribution is -2.32. The van der Waals surface area contributed by atoms with Gasteiger partial charge in [0.25, 0.3) is 5.56 Å². The summed E-state index contributed by atoms with van der Waals surface area (Å²) in [6.45, 7) is 2.53. The van der Waals surface area contributed by atoms with Crippen LogP contribution in [0, 0.1) is 0 Å². The zero-order valence-electron chi connectivity index (χ0n) is 16.4. The highest BCUT2D eigenvalue weighted by molar-refractivity contribution is 5.83. The number of nitrogens with one attached hydrogen (secondary N) is 1. The molecule has 4 rings (SSSR count). The summed E-state index contributed by atoms with van der Waals surface area (Å²) in [6, 6.07) is 12.9. The van der Waals surface area contributed by atoms with E-state index in [0.29, 0.717) is 41.3 Å². The van der Waals surface area contributed by atoms with Crippen LogP contribution in [0.4, 0.5) is 0 Å². The second-order valence-corrected chi connectivity index (χ2v) is 6.83. The molecule has 1 aliphatic rings. The van der Waals surface area contributed by atoms with Crippen molar-refractivity contribution >= 4 is 16.8 Å². The third-order valence-corrected chi connectivity index (χ3v) is 4.98. The quantitative estimate of drug-likeness (QED) is 0.694. The smallest absolute Gasteiger partial charge is 0.253 e. The summed E-state index contributed by atoms with van der Waals surface area (Å²) < 4.78 is 16.2. The van der Waals surface area contributed by atoms with Crippen molar-refractivity contribution in [3.05, 3.63) is 63.9 Å². The molecule has 7 heteroatoms. The maximum Gasteiger partial charge on any atom is 0.253 e. The lowest BCUT2D eigenvalue weighted by atomic mass is 10.1. The van der Waals surface area contributed by atoms with E-state index in [1.165, 1.54) is 0 Å². The molecule has 0 spiro atoms. The molecule has 0 saturated heterocycles. The minimum Gasteiger partial charge on any atom is -0.496 e. The predicted molar refractivity (Wildman–Crippen MR) is 108 cm³/mol. The summed E-state index contributed by atoms with van der Waals surface area (Å²) in [6.07, 6.45) is 0.347. The first kappa shape index (κ1) is 18.9. The van der Waals surface area contributed by atoms with Gasteiger partial charge in [-0.05, 0) is 18.2 Å². The van der Waals surface area contributed by atoms with Gasteiger partial charge in [-0.25, -0.2) is 0 Å². The third-order valence-electron chi connectivity index (χ3n) is 4.98. The van der Waals surface area contributed by atoms with Gasteiger partial charge in [0.05, 0.1) is 19.2 Å². The summed E-state index contributed by atoms with van der Waals surface area (Å²) in [5, 5.41) is 0.824. The molecule has 0 bridgehead atoms. The van der Waals surface area contributed by atoms with Crippen LogP contribution in [0.3, 0.4) is 0 Å². The summed E-state index contributed by atoms with van der Waals surface area (Å²) in [5.74, 6) is 1.92. The lowest BCUT2D eigenvalue weighted by molar-refractivity contribution is -0.132. The van der Waals surface area contributed by atoms with Crippen LogP contribution in [0.15, 0.2) is 47.3 Å². The zero-order chi connectivity index (χ0) is 20.4. The fourth-order valence-electron chi connectivity index (χ4n) is 3.46. The summed E-state index contributed by atoms with van der Waals surface area (Å²) in [7, 11) is 1.60. The monoisotopic (exact) mass is 394 g/mol. The second kappa shape index (κ2) is 7.87. The van der Waals surface area contributed by atoms with Crippen LogP contribution in [-0.2, 0) is 17.9 Å². The Bertz CT molecular complexity index is 1120. The number of aromatic amines is 1. The number of benzene rings is 2. The number of methoxy groups -OCH3 is 1. The van der Waals surface area contributed by atoms with Gasteiger partial charge in [-0.2, -0.15) is 0 Å². The van der Waals surface area contributed by atoms with Crippen LogP contribution in [0.5, 0.6) is 17.2 Å². The van der Waals surface area contributed by atoms with Crippen molar-refractivity contribution < 1.29 is 19.0 Å². The van der Waals surface area contributed by atoms with Gasteiger partial charge in [0.1, 0.15) is 5.75 Å². The van der Waals surface area contributed by atoms with Gasteiger partial charge >= 0.3 is 0 Å². The number of nitrogens with zero attached hydrogens (tertiary/aromatic N) is 1. The molecule has 3 aromatic rings. The number of pyridine rings is 1. The Balaban J connectivity index is 1.67. The Morgan fingerprint density at radius 3 is 2.59 bits per heavy atom. The van der Waals surface area contributed by atoms with Crippen molar-refractivity contribution in [3.8, 4) is 17.2 Å². The maximum atomic E-state index is 12.7. The average Bonchev–Trinajstić information content (AvgIpc) is 3.19. The van der Waals surface area contributed by atoms with Crippen molar-refractivity contribution in [2.75, 3.05) is 13.9 Å². The van der Waals surface area contributed by atoms with E-state index in [1.54, 1.807) is 24.1 Å². The SMILES string of the molecule is CCC(=O)N(Cc1ccccc1OC)Cc1cc2cc3c(cc2[nH]c1=O)OCO3. The lowest BCUT2D eigenvalue weighted by Gasteiger charge is -2.23. The molecule has 1 aliphatic heterocycles. The number of ether oxygens (including phenoxy) is 3. The molecule has 7 nitrogen and oxygen atoms in total. The Kier molecular flexibility index (Phi) is 5.12. The molecule has 1 amide bonds. The number of fused-ring (bicyclic) bond motifs is 2. The van der Waals surface area contributed by atoms with Crippen molar-refractivity contribution in [1.29, 1.82) is 0 Å². The highest BCUT2D eigenvalue weighted by Gasteiger charge is 2.19. The topological polar surface area (TPSA) is 80.9 Å². The van der Waals surface area contributed by atoms with Crippen molar-refractivity contribution in [2.24, 2.45) is 0 Å². The van der Waals surface area contributed by atoms with Crippen LogP contribution < -0.4 is 19.8 Å². The molecule has 0 unspecified atom stereocenters. The van der Waals surface area contributed by atoms with Gasteiger partial charge in [0.15, 0.2) is 11.5 Å². The largest absolute Gasteiger partial charge is 0.496 e.